The first-order chi connectivity index (χ1) is 5.25. The van der Waals surface area contributed by atoms with Crippen molar-refractivity contribution in [2.75, 3.05) is 0 Å². The molecule has 0 saturated carbocycles. The Morgan fingerprint density at radius 2 is 1.75 bits per heavy atom. The molecule has 3 N–H and O–H groups in total. The number of aliphatic hydroxyl groups excluding tert-OH is 1. The Morgan fingerprint density at radius 1 is 1.33 bits per heavy atom. The third-order valence-electron chi connectivity index (χ3n) is 0.962. The van der Waals surface area contributed by atoms with Crippen molar-refractivity contribution >= 4 is 0 Å². The van der Waals surface area contributed by atoms with Gasteiger partial charge in [0.05, 0.1) is 5.57 Å². The number of aliphatic hydroxyl groups is 1. The van der Waals surface area contributed by atoms with Crippen LogP contribution >= 0.6 is 0 Å². The third kappa shape index (κ3) is 3.14. The average Bonchev–Trinajstić information content (AvgIpc) is 1.79. The van der Waals surface area contributed by atoms with Crippen LogP contribution in [0.5, 0.6) is 0 Å². The lowest BCUT2D eigenvalue weighted by atomic mass is 10.2. The summed E-state index contributed by atoms with van der Waals surface area (Å²) in [5.74, 6) is -0.714. The SMILES string of the molecule is C=C(O)/C=C(\C(=C)N)C(F)(F)F. The van der Waals surface area contributed by atoms with Gasteiger partial charge in [-0.2, -0.15) is 13.2 Å². The topological polar surface area (TPSA) is 46.2 Å². The molecule has 0 aliphatic carbocycles. The summed E-state index contributed by atoms with van der Waals surface area (Å²) in [6.45, 7) is 5.79. The van der Waals surface area contributed by atoms with Crippen LogP contribution in [0, 0.1) is 0 Å². The van der Waals surface area contributed by atoms with E-state index >= 15 is 0 Å². The molecule has 0 saturated heterocycles. The molecular weight excluding hydrogens is 171 g/mol. The maximum Gasteiger partial charge on any atom is 0.418 e. The minimum atomic E-state index is -4.61. The van der Waals surface area contributed by atoms with E-state index in [9.17, 15) is 13.2 Å². The summed E-state index contributed by atoms with van der Waals surface area (Å²) >= 11 is 0. The number of rotatable bonds is 2. The second-order valence-electron chi connectivity index (χ2n) is 2.07. The van der Waals surface area contributed by atoms with Crippen molar-refractivity contribution in [3.05, 3.63) is 36.3 Å². The molecule has 2 nitrogen and oxygen atoms in total. The largest absolute Gasteiger partial charge is 0.509 e. The second kappa shape index (κ2) is 3.34. The molecule has 68 valence electrons. The normalized spacial score (nSPS) is 12.8. The van der Waals surface area contributed by atoms with Crippen LogP contribution in [-0.2, 0) is 0 Å². The smallest absolute Gasteiger partial charge is 0.418 e. The maximum atomic E-state index is 12.0. The summed E-state index contributed by atoms with van der Waals surface area (Å²) in [6, 6.07) is 0. The van der Waals surface area contributed by atoms with Gasteiger partial charge in [0.1, 0.15) is 5.76 Å². The summed E-state index contributed by atoms with van der Waals surface area (Å²) < 4.78 is 35.9. The van der Waals surface area contributed by atoms with Gasteiger partial charge in [-0.25, -0.2) is 0 Å². The molecule has 0 amide bonds. The number of halogens is 3. The van der Waals surface area contributed by atoms with E-state index in [0.29, 0.717) is 6.08 Å². The van der Waals surface area contributed by atoms with E-state index in [1.54, 1.807) is 0 Å². The number of hydrogen-bond acceptors (Lipinski definition) is 2. The van der Waals surface area contributed by atoms with E-state index in [1.165, 1.54) is 0 Å². The number of hydrogen-bond donors (Lipinski definition) is 2. The Bertz CT molecular complexity index is 240. The fourth-order valence-electron chi connectivity index (χ4n) is 0.523. The molecule has 5 heteroatoms. The summed E-state index contributed by atoms with van der Waals surface area (Å²) in [5.41, 5.74) is 3.00. The van der Waals surface area contributed by atoms with Gasteiger partial charge in [0.25, 0.3) is 0 Å². The van der Waals surface area contributed by atoms with E-state index in [2.05, 4.69) is 13.2 Å². The van der Waals surface area contributed by atoms with E-state index in [0.717, 1.165) is 0 Å². The van der Waals surface area contributed by atoms with Crippen LogP contribution in [0.2, 0.25) is 0 Å². The first-order valence-corrected chi connectivity index (χ1v) is 2.86. The lowest BCUT2D eigenvalue weighted by Crippen LogP contribution is -2.17. The number of alkyl halides is 3. The predicted molar refractivity (Wildman–Crippen MR) is 39.2 cm³/mol. The monoisotopic (exact) mass is 179 g/mol. The molecular formula is C7H8F3NO. The van der Waals surface area contributed by atoms with E-state index in [4.69, 9.17) is 10.8 Å². The molecule has 0 atom stereocenters. The van der Waals surface area contributed by atoms with Gasteiger partial charge in [-0.15, -0.1) is 0 Å². The minimum Gasteiger partial charge on any atom is -0.509 e. The summed E-state index contributed by atoms with van der Waals surface area (Å²) in [5, 5.41) is 8.47. The molecule has 0 fully saturated rings. The van der Waals surface area contributed by atoms with Crippen LogP contribution in [0.1, 0.15) is 0 Å². The Morgan fingerprint density at radius 3 is 1.83 bits per heavy atom. The summed E-state index contributed by atoms with van der Waals surface area (Å²) in [7, 11) is 0. The Labute approximate surface area is 67.5 Å². The number of allylic oxidation sites excluding steroid dienone is 2. The number of nitrogens with two attached hydrogens (primary N) is 1. The van der Waals surface area contributed by atoms with Gasteiger partial charge in [-0.1, -0.05) is 13.2 Å². The highest BCUT2D eigenvalue weighted by molar-refractivity contribution is 5.34. The molecule has 0 aromatic carbocycles. The highest BCUT2D eigenvalue weighted by Gasteiger charge is 2.34. The van der Waals surface area contributed by atoms with Crippen molar-refractivity contribution in [1.82, 2.24) is 0 Å². The van der Waals surface area contributed by atoms with Crippen LogP contribution in [0.15, 0.2) is 36.3 Å². The Kier molecular flexibility index (Phi) is 2.95. The standard InChI is InChI=1S/C7H8F3NO/c1-4(12)3-6(5(2)11)7(8,9)10/h3,12H,1-2,11H2/b6-3+. The van der Waals surface area contributed by atoms with Crippen molar-refractivity contribution in [2.24, 2.45) is 5.73 Å². The zero-order valence-electron chi connectivity index (χ0n) is 6.15. The molecule has 0 aliphatic heterocycles. The fraction of sp³-hybridized carbons (Fsp3) is 0.143. The van der Waals surface area contributed by atoms with Crippen molar-refractivity contribution in [3.63, 3.8) is 0 Å². The van der Waals surface area contributed by atoms with Crippen molar-refractivity contribution in [1.29, 1.82) is 0 Å². The molecule has 0 aliphatic rings. The Hall–Kier alpha value is -1.39. The van der Waals surface area contributed by atoms with E-state index in [-0.39, 0.29) is 0 Å². The second-order valence-corrected chi connectivity index (χ2v) is 2.07. The van der Waals surface area contributed by atoms with Gasteiger partial charge in [0.15, 0.2) is 0 Å². The molecule has 0 radical (unpaired) electrons. The first-order valence-electron chi connectivity index (χ1n) is 2.86. The van der Waals surface area contributed by atoms with Gasteiger partial charge in [0, 0.05) is 5.70 Å². The summed E-state index contributed by atoms with van der Waals surface area (Å²) in [6.07, 6.45) is -4.19. The van der Waals surface area contributed by atoms with Crippen LogP contribution in [0.4, 0.5) is 13.2 Å². The van der Waals surface area contributed by atoms with Crippen LogP contribution in [-0.4, -0.2) is 11.3 Å². The maximum absolute atomic E-state index is 12.0. The summed E-state index contributed by atoms with van der Waals surface area (Å²) in [4.78, 5) is 0. The molecule has 0 bridgehead atoms. The molecule has 0 unspecified atom stereocenters. The lowest BCUT2D eigenvalue weighted by molar-refractivity contribution is -0.0896. The van der Waals surface area contributed by atoms with Crippen LogP contribution in [0.3, 0.4) is 0 Å². The lowest BCUT2D eigenvalue weighted by Gasteiger charge is -2.10. The quantitative estimate of drug-likeness (QED) is 0.503. The Balaban J connectivity index is 4.94. The first kappa shape index (κ1) is 10.6. The van der Waals surface area contributed by atoms with Crippen molar-refractivity contribution in [2.45, 2.75) is 6.18 Å². The van der Waals surface area contributed by atoms with Gasteiger partial charge < -0.3 is 10.8 Å². The molecule has 0 spiro atoms. The fourth-order valence-corrected chi connectivity index (χ4v) is 0.523. The highest BCUT2D eigenvalue weighted by atomic mass is 19.4. The van der Waals surface area contributed by atoms with Gasteiger partial charge in [0.2, 0.25) is 0 Å². The van der Waals surface area contributed by atoms with E-state index in [1.807, 2.05) is 0 Å². The third-order valence-corrected chi connectivity index (χ3v) is 0.962. The average molecular weight is 179 g/mol. The zero-order valence-corrected chi connectivity index (χ0v) is 6.15. The zero-order chi connectivity index (χ0) is 9.94. The van der Waals surface area contributed by atoms with Gasteiger partial charge >= 0.3 is 6.18 Å². The van der Waals surface area contributed by atoms with Gasteiger partial charge in [-0.05, 0) is 6.08 Å². The molecule has 0 rings (SSSR count). The molecule has 12 heavy (non-hydrogen) atoms. The van der Waals surface area contributed by atoms with Crippen molar-refractivity contribution < 1.29 is 18.3 Å². The predicted octanol–water partition coefficient (Wildman–Crippen LogP) is 2.02. The minimum absolute atomic E-state index is 0.419. The van der Waals surface area contributed by atoms with Gasteiger partial charge in [-0.3, -0.25) is 0 Å². The van der Waals surface area contributed by atoms with Crippen molar-refractivity contribution in [3.8, 4) is 0 Å². The van der Waals surface area contributed by atoms with E-state index < -0.39 is 23.2 Å². The molecule has 0 aromatic rings. The highest BCUT2D eigenvalue weighted by Crippen LogP contribution is 2.28. The van der Waals surface area contributed by atoms with Crippen LogP contribution in [0.25, 0.3) is 0 Å². The molecule has 0 heterocycles. The molecule has 0 aromatic heterocycles. The van der Waals surface area contributed by atoms with Crippen LogP contribution < -0.4 is 5.73 Å².